The topological polar surface area (TPSA) is 95.1 Å². The summed E-state index contributed by atoms with van der Waals surface area (Å²) in [7, 11) is 1.83. The summed E-state index contributed by atoms with van der Waals surface area (Å²) >= 11 is 0. The van der Waals surface area contributed by atoms with Gasteiger partial charge >= 0.3 is 0 Å². The molecule has 1 amide bonds. The molecule has 2 heterocycles. The molecule has 130 valence electrons. The van der Waals surface area contributed by atoms with Gasteiger partial charge in [-0.05, 0) is 38.1 Å². The van der Waals surface area contributed by atoms with Crippen LogP contribution in [-0.2, 0) is 11.8 Å². The second kappa shape index (κ2) is 6.76. The summed E-state index contributed by atoms with van der Waals surface area (Å²) in [5.41, 5.74) is 3.20. The molecule has 0 aliphatic rings. The number of carbonyl (C=O) groups excluding carboxylic acids is 1. The molecule has 0 unspecified atom stereocenters. The van der Waals surface area contributed by atoms with E-state index in [-0.39, 0.29) is 12.5 Å². The van der Waals surface area contributed by atoms with Crippen LogP contribution in [0.1, 0.15) is 17.3 Å². The van der Waals surface area contributed by atoms with E-state index in [0.29, 0.717) is 17.5 Å². The summed E-state index contributed by atoms with van der Waals surface area (Å²) in [5, 5.41) is 10.9. The Hall–Kier alpha value is -3.16. The number of rotatable bonds is 5. The zero-order chi connectivity index (χ0) is 18.0. The lowest BCUT2D eigenvalue weighted by molar-refractivity contribution is -0.118. The van der Waals surface area contributed by atoms with Crippen molar-refractivity contribution in [3.8, 4) is 17.1 Å². The maximum atomic E-state index is 12.1. The first-order valence-electron chi connectivity index (χ1n) is 7.77. The van der Waals surface area contributed by atoms with E-state index >= 15 is 0 Å². The molecule has 1 aromatic carbocycles. The fourth-order valence-electron chi connectivity index (χ4n) is 2.40. The lowest BCUT2D eigenvalue weighted by Gasteiger charge is -2.08. The van der Waals surface area contributed by atoms with Crippen molar-refractivity contribution >= 4 is 11.6 Å². The SMILES string of the molecule is Cc1nc(-c2ccc(OCC(=O)Nc3c(C)nn(C)c3C)cc2)no1. The van der Waals surface area contributed by atoms with E-state index in [0.717, 1.165) is 22.6 Å². The number of benzene rings is 1. The summed E-state index contributed by atoms with van der Waals surface area (Å²) in [4.78, 5) is 16.2. The number of anilines is 1. The van der Waals surface area contributed by atoms with Crippen molar-refractivity contribution < 1.29 is 14.1 Å². The average Bonchev–Trinajstić information content (AvgIpc) is 3.12. The Morgan fingerprint density at radius 1 is 1.24 bits per heavy atom. The molecule has 8 heteroatoms. The number of nitrogens with zero attached hydrogens (tertiary/aromatic N) is 4. The van der Waals surface area contributed by atoms with Crippen LogP contribution in [0, 0.1) is 20.8 Å². The number of hydrogen-bond acceptors (Lipinski definition) is 6. The largest absolute Gasteiger partial charge is 0.484 e. The Morgan fingerprint density at radius 3 is 2.52 bits per heavy atom. The molecule has 0 saturated carbocycles. The summed E-state index contributed by atoms with van der Waals surface area (Å²) in [6.45, 7) is 5.39. The van der Waals surface area contributed by atoms with Crippen molar-refractivity contribution in [3.05, 3.63) is 41.5 Å². The predicted octanol–water partition coefficient (Wildman–Crippen LogP) is 2.41. The third-order valence-electron chi connectivity index (χ3n) is 3.78. The molecule has 0 aliphatic heterocycles. The van der Waals surface area contributed by atoms with Crippen LogP contribution in [0.15, 0.2) is 28.8 Å². The number of amides is 1. The van der Waals surface area contributed by atoms with Gasteiger partial charge in [0.2, 0.25) is 11.7 Å². The van der Waals surface area contributed by atoms with Gasteiger partial charge < -0.3 is 14.6 Å². The Bertz CT molecular complexity index is 896. The fourth-order valence-corrected chi connectivity index (χ4v) is 2.40. The van der Waals surface area contributed by atoms with Crippen molar-refractivity contribution in [3.63, 3.8) is 0 Å². The van der Waals surface area contributed by atoms with Gasteiger partial charge in [-0.3, -0.25) is 9.48 Å². The minimum atomic E-state index is -0.239. The molecular weight excluding hydrogens is 322 g/mol. The average molecular weight is 341 g/mol. The second-order valence-corrected chi connectivity index (χ2v) is 5.67. The van der Waals surface area contributed by atoms with E-state index < -0.39 is 0 Å². The minimum Gasteiger partial charge on any atom is -0.484 e. The first kappa shape index (κ1) is 16.7. The van der Waals surface area contributed by atoms with Gasteiger partial charge in [-0.1, -0.05) is 5.16 Å². The van der Waals surface area contributed by atoms with E-state index in [4.69, 9.17) is 9.26 Å². The molecule has 0 fully saturated rings. The maximum absolute atomic E-state index is 12.1. The molecular formula is C17H19N5O3. The zero-order valence-electron chi connectivity index (χ0n) is 14.5. The fraction of sp³-hybridized carbons (Fsp3) is 0.294. The molecule has 0 bridgehead atoms. The number of hydrogen-bond donors (Lipinski definition) is 1. The van der Waals surface area contributed by atoms with E-state index in [1.165, 1.54) is 0 Å². The van der Waals surface area contributed by atoms with Gasteiger partial charge in [0, 0.05) is 19.5 Å². The van der Waals surface area contributed by atoms with Crippen molar-refractivity contribution in [1.29, 1.82) is 0 Å². The van der Waals surface area contributed by atoms with Gasteiger partial charge in [-0.25, -0.2) is 0 Å². The third kappa shape index (κ3) is 3.68. The first-order chi connectivity index (χ1) is 11.9. The molecule has 0 atom stereocenters. The first-order valence-corrected chi connectivity index (χ1v) is 7.77. The molecule has 2 aromatic heterocycles. The van der Waals surface area contributed by atoms with Crippen LogP contribution < -0.4 is 10.1 Å². The molecule has 8 nitrogen and oxygen atoms in total. The van der Waals surface area contributed by atoms with Crippen LogP contribution in [0.5, 0.6) is 5.75 Å². The molecule has 0 aliphatic carbocycles. The number of nitrogens with one attached hydrogen (secondary N) is 1. The van der Waals surface area contributed by atoms with Gasteiger partial charge in [0.05, 0.1) is 17.1 Å². The number of aryl methyl sites for hydroxylation is 3. The smallest absolute Gasteiger partial charge is 0.262 e. The van der Waals surface area contributed by atoms with Crippen LogP contribution in [0.3, 0.4) is 0 Å². The summed E-state index contributed by atoms with van der Waals surface area (Å²) in [5.74, 6) is 1.37. The zero-order valence-corrected chi connectivity index (χ0v) is 14.5. The standard InChI is InChI=1S/C17H19N5O3/c1-10-16(11(2)22(4)20-10)19-15(23)9-24-14-7-5-13(6-8-14)17-18-12(3)25-21-17/h5-8H,9H2,1-4H3,(H,19,23). The molecule has 25 heavy (non-hydrogen) atoms. The number of carbonyl (C=O) groups is 1. The van der Waals surface area contributed by atoms with Gasteiger partial charge in [0.15, 0.2) is 6.61 Å². The highest BCUT2D eigenvalue weighted by Crippen LogP contribution is 2.21. The quantitative estimate of drug-likeness (QED) is 0.766. The molecule has 0 saturated heterocycles. The highest BCUT2D eigenvalue weighted by atomic mass is 16.5. The number of aromatic nitrogens is 4. The number of ether oxygens (including phenoxy) is 1. The normalized spacial score (nSPS) is 10.7. The van der Waals surface area contributed by atoms with E-state index in [1.807, 2.05) is 33.0 Å². The highest BCUT2D eigenvalue weighted by molar-refractivity contribution is 5.93. The third-order valence-corrected chi connectivity index (χ3v) is 3.78. The van der Waals surface area contributed by atoms with Crippen LogP contribution in [-0.4, -0.2) is 32.4 Å². The van der Waals surface area contributed by atoms with Gasteiger partial charge in [-0.2, -0.15) is 10.1 Å². The van der Waals surface area contributed by atoms with Crippen molar-refractivity contribution in [2.75, 3.05) is 11.9 Å². The molecule has 0 radical (unpaired) electrons. The van der Waals surface area contributed by atoms with E-state index in [1.54, 1.807) is 23.7 Å². The van der Waals surface area contributed by atoms with E-state index in [2.05, 4.69) is 20.6 Å². The molecule has 1 N–H and O–H groups in total. The second-order valence-electron chi connectivity index (χ2n) is 5.67. The molecule has 0 spiro atoms. The summed E-state index contributed by atoms with van der Waals surface area (Å²) in [6, 6.07) is 7.14. The maximum Gasteiger partial charge on any atom is 0.262 e. The Kier molecular flexibility index (Phi) is 4.51. The van der Waals surface area contributed by atoms with Crippen molar-refractivity contribution in [2.45, 2.75) is 20.8 Å². The summed E-state index contributed by atoms with van der Waals surface area (Å²) < 4.78 is 12.2. The molecule has 3 aromatic rings. The van der Waals surface area contributed by atoms with Gasteiger partial charge in [0.25, 0.3) is 5.91 Å². The lowest BCUT2D eigenvalue weighted by Crippen LogP contribution is -2.20. The minimum absolute atomic E-state index is 0.0888. The predicted molar refractivity (Wildman–Crippen MR) is 91.3 cm³/mol. The van der Waals surface area contributed by atoms with Crippen molar-refractivity contribution in [1.82, 2.24) is 19.9 Å². The van der Waals surface area contributed by atoms with E-state index in [9.17, 15) is 4.79 Å². The Labute approximate surface area is 144 Å². The summed E-state index contributed by atoms with van der Waals surface area (Å²) in [6.07, 6.45) is 0. The van der Waals surface area contributed by atoms with Crippen LogP contribution in [0.4, 0.5) is 5.69 Å². The van der Waals surface area contributed by atoms with Crippen LogP contribution in [0.2, 0.25) is 0 Å². The van der Waals surface area contributed by atoms with Crippen LogP contribution in [0.25, 0.3) is 11.4 Å². The monoisotopic (exact) mass is 341 g/mol. The lowest BCUT2D eigenvalue weighted by atomic mass is 10.2. The Morgan fingerprint density at radius 2 is 1.96 bits per heavy atom. The Balaban J connectivity index is 1.59. The van der Waals surface area contributed by atoms with Gasteiger partial charge in [0.1, 0.15) is 5.75 Å². The van der Waals surface area contributed by atoms with Crippen molar-refractivity contribution in [2.24, 2.45) is 7.05 Å². The highest BCUT2D eigenvalue weighted by Gasteiger charge is 2.13. The van der Waals surface area contributed by atoms with Gasteiger partial charge in [-0.15, -0.1) is 0 Å². The van der Waals surface area contributed by atoms with Crippen LogP contribution >= 0.6 is 0 Å². The molecule has 3 rings (SSSR count).